The molecule has 0 bridgehead atoms. The number of carbonyl (C=O) groups is 1. The van der Waals surface area contributed by atoms with E-state index in [-0.39, 0.29) is 11.4 Å². The van der Waals surface area contributed by atoms with E-state index in [4.69, 9.17) is 9.47 Å². The normalized spacial score (nSPS) is 17.1. The minimum atomic E-state index is -3.93. The highest BCUT2D eigenvalue weighted by molar-refractivity contribution is 7.89. The van der Waals surface area contributed by atoms with Crippen LogP contribution in [0.4, 0.5) is 9.52 Å². The summed E-state index contributed by atoms with van der Waals surface area (Å²) in [6.45, 7) is 0.214. The Kier molecular flexibility index (Phi) is 5.82. The molecule has 1 fully saturated rings. The number of benzene rings is 2. The summed E-state index contributed by atoms with van der Waals surface area (Å²) in [5, 5.41) is 3.08. The summed E-state index contributed by atoms with van der Waals surface area (Å²) in [6.07, 6.45) is 0.936. The molecular weight excluding hydrogens is 445 g/mol. The van der Waals surface area contributed by atoms with Crippen LogP contribution in [-0.4, -0.2) is 50.4 Å². The number of thiazole rings is 1. The van der Waals surface area contributed by atoms with Crippen molar-refractivity contribution >= 4 is 42.6 Å². The number of nitrogens with one attached hydrogen (secondary N) is 1. The first-order chi connectivity index (χ1) is 14.8. The van der Waals surface area contributed by atoms with Crippen LogP contribution in [0.5, 0.6) is 11.5 Å². The van der Waals surface area contributed by atoms with Gasteiger partial charge in [0, 0.05) is 18.7 Å². The second-order valence-corrected chi connectivity index (χ2v) is 9.83. The lowest BCUT2D eigenvalue weighted by molar-refractivity contribution is -0.119. The molecule has 0 saturated carbocycles. The highest BCUT2D eigenvalue weighted by Gasteiger charge is 2.39. The Morgan fingerprint density at radius 2 is 1.87 bits per heavy atom. The number of anilines is 1. The highest BCUT2D eigenvalue weighted by Crippen LogP contribution is 2.36. The van der Waals surface area contributed by atoms with E-state index in [0.29, 0.717) is 35.0 Å². The van der Waals surface area contributed by atoms with E-state index < -0.39 is 27.8 Å². The SMILES string of the molecule is COc1cc2nc(NC(=O)C3CCCN3S(=O)(=O)c3ccc(F)cc3)sc2cc1OC. The maximum Gasteiger partial charge on any atom is 0.244 e. The maximum atomic E-state index is 13.2. The number of aromatic nitrogens is 1. The van der Waals surface area contributed by atoms with Crippen molar-refractivity contribution in [3.63, 3.8) is 0 Å². The van der Waals surface area contributed by atoms with Gasteiger partial charge in [0.1, 0.15) is 11.9 Å². The smallest absolute Gasteiger partial charge is 0.244 e. The lowest BCUT2D eigenvalue weighted by Gasteiger charge is -2.23. The van der Waals surface area contributed by atoms with Gasteiger partial charge in [0.05, 0.1) is 29.3 Å². The van der Waals surface area contributed by atoms with Crippen LogP contribution in [0.2, 0.25) is 0 Å². The fraction of sp³-hybridized carbons (Fsp3) is 0.300. The zero-order valence-electron chi connectivity index (χ0n) is 16.8. The van der Waals surface area contributed by atoms with Crippen LogP contribution in [0, 0.1) is 5.82 Å². The zero-order valence-corrected chi connectivity index (χ0v) is 18.4. The first-order valence-corrected chi connectivity index (χ1v) is 11.7. The third kappa shape index (κ3) is 4.08. The van der Waals surface area contributed by atoms with Crippen molar-refractivity contribution in [3.05, 3.63) is 42.2 Å². The molecule has 0 aliphatic carbocycles. The third-order valence-electron chi connectivity index (χ3n) is 5.05. The number of sulfonamides is 1. The number of nitrogens with zero attached hydrogens (tertiary/aromatic N) is 2. The van der Waals surface area contributed by atoms with Crippen molar-refractivity contribution in [2.45, 2.75) is 23.8 Å². The molecule has 1 aromatic heterocycles. The molecule has 1 aliphatic heterocycles. The summed E-state index contributed by atoms with van der Waals surface area (Å²) < 4.78 is 51.7. The number of halogens is 1. The van der Waals surface area contributed by atoms with Crippen molar-refractivity contribution in [2.75, 3.05) is 26.1 Å². The van der Waals surface area contributed by atoms with Crippen LogP contribution >= 0.6 is 11.3 Å². The first kappa shape index (κ1) is 21.5. The summed E-state index contributed by atoms with van der Waals surface area (Å²) in [7, 11) is -0.875. The van der Waals surface area contributed by atoms with E-state index in [1.807, 2.05) is 0 Å². The summed E-state index contributed by atoms with van der Waals surface area (Å²) in [6, 6.07) is 7.18. The Bertz CT molecular complexity index is 1190. The monoisotopic (exact) mass is 465 g/mol. The lowest BCUT2D eigenvalue weighted by atomic mass is 10.2. The number of ether oxygens (including phenoxy) is 2. The van der Waals surface area contributed by atoms with Gasteiger partial charge in [0.2, 0.25) is 15.9 Å². The standard InChI is InChI=1S/C20H20FN3O5S2/c1-28-16-10-14-18(11-17(16)29-2)30-20(22-14)23-19(25)15-4-3-9-24(15)31(26,27)13-7-5-12(21)6-8-13/h5-8,10-11,15H,3-4,9H2,1-2H3,(H,22,23,25). The van der Waals surface area contributed by atoms with Gasteiger partial charge in [-0.25, -0.2) is 17.8 Å². The molecule has 31 heavy (non-hydrogen) atoms. The minimum Gasteiger partial charge on any atom is -0.493 e. The molecule has 8 nitrogen and oxygen atoms in total. The summed E-state index contributed by atoms with van der Waals surface area (Å²) >= 11 is 1.25. The average molecular weight is 466 g/mol. The number of hydrogen-bond acceptors (Lipinski definition) is 7. The number of hydrogen-bond donors (Lipinski definition) is 1. The van der Waals surface area contributed by atoms with Gasteiger partial charge in [0.25, 0.3) is 0 Å². The maximum absolute atomic E-state index is 13.2. The molecule has 0 radical (unpaired) electrons. The Morgan fingerprint density at radius 1 is 1.19 bits per heavy atom. The predicted octanol–water partition coefficient (Wildman–Crippen LogP) is 3.24. The molecule has 2 heterocycles. The minimum absolute atomic E-state index is 0.0484. The third-order valence-corrected chi connectivity index (χ3v) is 7.91. The van der Waals surface area contributed by atoms with Crippen LogP contribution in [0.1, 0.15) is 12.8 Å². The van der Waals surface area contributed by atoms with E-state index in [9.17, 15) is 17.6 Å². The van der Waals surface area contributed by atoms with Gasteiger partial charge in [-0.15, -0.1) is 0 Å². The molecule has 0 spiro atoms. The van der Waals surface area contributed by atoms with Crippen molar-refractivity contribution in [2.24, 2.45) is 0 Å². The van der Waals surface area contributed by atoms with Gasteiger partial charge < -0.3 is 14.8 Å². The molecule has 1 unspecified atom stereocenters. The number of amides is 1. The molecule has 11 heteroatoms. The molecule has 4 rings (SSSR count). The van der Waals surface area contributed by atoms with Crippen LogP contribution in [0.25, 0.3) is 10.2 Å². The highest BCUT2D eigenvalue weighted by atomic mass is 32.2. The number of fused-ring (bicyclic) bond motifs is 1. The molecule has 2 aromatic carbocycles. The Hall–Kier alpha value is -2.76. The Labute approximate surface area is 182 Å². The second kappa shape index (κ2) is 8.40. The van der Waals surface area contributed by atoms with Crippen LogP contribution in [0.3, 0.4) is 0 Å². The van der Waals surface area contributed by atoms with Gasteiger partial charge >= 0.3 is 0 Å². The molecule has 164 valence electrons. The predicted molar refractivity (Wildman–Crippen MR) is 115 cm³/mol. The fourth-order valence-corrected chi connectivity index (χ4v) is 6.06. The second-order valence-electron chi connectivity index (χ2n) is 6.91. The molecular formula is C20H20FN3O5S2. The first-order valence-electron chi connectivity index (χ1n) is 9.44. The van der Waals surface area contributed by atoms with Crippen molar-refractivity contribution in [1.82, 2.24) is 9.29 Å². The van der Waals surface area contributed by atoms with Gasteiger partial charge in [0.15, 0.2) is 16.6 Å². The Balaban J connectivity index is 1.57. The van der Waals surface area contributed by atoms with Gasteiger partial charge in [-0.1, -0.05) is 11.3 Å². The summed E-state index contributed by atoms with van der Waals surface area (Å²) in [5.41, 5.74) is 0.625. The molecule has 1 saturated heterocycles. The van der Waals surface area contributed by atoms with E-state index in [1.165, 1.54) is 37.7 Å². The van der Waals surface area contributed by atoms with Crippen molar-refractivity contribution in [3.8, 4) is 11.5 Å². The number of methoxy groups -OCH3 is 2. The molecule has 1 aliphatic rings. The topological polar surface area (TPSA) is 97.8 Å². The quantitative estimate of drug-likeness (QED) is 0.600. The van der Waals surface area contributed by atoms with Crippen LogP contribution in [0.15, 0.2) is 41.3 Å². The molecule has 1 amide bonds. The van der Waals surface area contributed by atoms with Crippen LogP contribution in [-0.2, 0) is 14.8 Å². The lowest BCUT2D eigenvalue weighted by Crippen LogP contribution is -2.43. The molecule has 3 aromatic rings. The van der Waals surface area contributed by atoms with Crippen molar-refractivity contribution < 1.29 is 27.1 Å². The molecule has 1 atom stereocenters. The van der Waals surface area contributed by atoms with Gasteiger partial charge in [-0.05, 0) is 37.1 Å². The van der Waals surface area contributed by atoms with E-state index >= 15 is 0 Å². The van der Waals surface area contributed by atoms with Crippen LogP contribution < -0.4 is 14.8 Å². The van der Waals surface area contributed by atoms with E-state index in [1.54, 1.807) is 12.1 Å². The van der Waals surface area contributed by atoms with Gasteiger partial charge in [-0.3, -0.25) is 4.79 Å². The van der Waals surface area contributed by atoms with Crippen molar-refractivity contribution in [1.29, 1.82) is 0 Å². The molecule has 1 N–H and O–H groups in total. The average Bonchev–Trinajstić information content (AvgIpc) is 3.39. The van der Waals surface area contributed by atoms with E-state index in [2.05, 4.69) is 10.3 Å². The number of carbonyl (C=O) groups excluding carboxylic acids is 1. The Morgan fingerprint density at radius 3 is 2.55 bits per heavy atom. The van der Waals surface area contributed by atoms with E-state index in [0.717, 1.165) is 21.1 Å². The zero-order chi connectivity index (χ0) is 22.2. The summed E-state index contributed by atoms with van der Waals surface area (Å²) in [4.78, 5) is 17.3. The number of rotatable bonds is 6. The largest absolute Gasteiger partial charge is 0.493 e. The van der Waals surface area contributed by atoms with Gasteiger partial charge in [-0.2, -0.15) is 4.31 Å². The summed E-state index contributed by atoms with van der Waals surface area (Å²) in [5.74, 6) is 0.0781. The fourth-order valence-electron chi connectivity index (χ4n) is 3.53.